The molecule has 2 aromatic rings. The number of carbonyl (C=O) groups is 1. The van der Waals surface area contributed by atoms with Crippen molar-refractivity contribution in [2.24, 2.45) is 10.7 Å². The number of nitrogens with zero attached hydrogens (tertiary/aromatic N) is 2. The van der Waals surface area contributed by atoms with Crippen molar-refractivity contribution >= 4 is 11.8 Å². The molecule has 0 spiro atoms. The molecule has 4 rings (SSSR count). The number of aliphatic imine (C=N–C) groups is 1. The molecule has 0 aromatic heterocycles. The van der Waals surface area contributed by atoms with E-state index in [1.54, 1.807) is 24.3 Å². The molecule has 2 aliphatic heterocycles. The average Bonchev–Trinajstić information content (AvgIpc) is 3.25. The highest BCUT2D eigenvalue weighted by atomic mass is 16.5. The summed E-state index contributed by atoms with van der Waals surface area (Å²) in [6.07, 6.45) is 3.19. The first kappa shape index (κ1) is 19.5. The van der Waals surface area contributed by atoms with Crippen LogP contribution in [0.5, 0.6) is 5.75 Å². The van der Waals surface area contributed by atoms with E-state index in [0.29, 0.717) is 25.4 Å². The van der Waals surface area contributed by atoms with Crippen LogP contribution in [-0.2, 0) is 16.0 Å². The Morgan fingerprint density at radius 2 is 1.93 bits per heavy atom. The van der Waals surface area contributed by atoms with E-state index in [0.717, 1.165) is 30.4 Å². The van der Waals surface area contributed by atoms with E-state index in [1.165, 1.54) is 0 Å². The molecule has 2 heterocycles. The van der Waals surface area contributed by atoms with Gasteiger partial charge in [-0.15, -0.1) is 0 Å². The smallest absolute Gasteiger partial charge is 0.240 e. The van der Waals surface area contributed by atoms with Gasteiger partial charge in [-0.3, -0.25) is 4.79 Å². The van der Waals surface area contributed by atoms with Gasteiger partial charge in [0.25, 0.3) is 0 Å². The third-order valence-electron chi connectivity index (χ3n) is 5.63. The number of phenols is 1. The van der Waals surface area contributed by atoms with Crippen molar-refractivity contribution in [1.29, 1.82) is 0 Å². The van der Waals surface area contributed by atoms with E-state index in [4.69, 9.17) is 10.5 Å². The first-order valence-corrected chi connectivity index (χ1v) is 10.2. The second-order valence-corrected chi connectivity index (χ2v) is 7.72. The molecular weight excluding hydrogens is 366 g/mol. The number of likely N-dealkylation sites (tertiary alicyclic amines) is 1. The maximum absolute atomic E-state index is 13.1. The van der Waals surface area contributed by atoms with Crippen LogP contribution in [0.2, 0.25) is 0 Å². The van der Waals surface area contributed by atoms with Crippen LogP contribution >= 0.6 is 0 Å². The summed E-state index contributed by atoms with van der Waals surface area (Å²) in [6.45, 7) is 1.25. The number of ether oxygens (including phenoxy) is 1. The third kappa shape index (κ3) is 4.43. The number of aromatic hydroxyl groups is 1. The molecule has 0 radical (unpaired) electrons. The first-order chi connectivity index (χ1) is 14.1. The van der Waals surface area contributed by atoms with Gasteiger partial charge in [0.1, 0.15) is 17.9 Å². The molecule has 1 fully saturated rings. The summed E-state index contributed by atoms with van der Waals surface area (Å²) in [7, 11) is 0. The van der Waals surface area contributed by atoms with Gasteiger partial charge < -0.3 is 20.5 Å². The fourth-order valence-electron chi connectivity index (χ4n) is 4.06. The minimum absolute atomic E-state index is 0.0720. The summed E-state index contributed by atoms with van der Waals surface area (Å²) in [5, 5.41) is 9.43. The summed E-state index contributed by atoms with van der Waals surface area (Å²) in [5.74, 6) is 0.787. The Bertz CT molecular complexity index is 867. The molecule has 3 N–H and O–H groups in total. The van der Waals surface area contributed by atoms with E-state index in [9.17, 15) is 9.90 Å². The fraction of sp³-hybridized carbons (Fsp3) is 0.391. The molecule has 2 unspecified atom stereocenters. The van der Waals surface area contributed by atoms with Crippen molar-refractivity contribution in [3.8, 4) is 5.75 Å². The molecule has 1 amide bonds. The van der Waals surface area contributed by atoms with E-state index < -0.39 is 6.04 Å². The van der Waals surface area contributed by atoms with Gasteiger partial charge in [0.05, 0.1) is 12.6 Å². The van der Waals surface area contributed by atoms with Gasteiger partial charge >= 0.3 is 0 Å². The monoisotopic (exact) mass is 393 g/mol. The van der Waals surface area contributed by atoms with Crippen LogP contribution in [0.1, 0.15) is 36.5 Å². The summed E-state index contributed by atoms with van der Waals surface area (Å²) >= 11 is 0. The standard InChI is InChI=1S/C23H27N3O3/c24-19(14-16-9-11-18(27)12-10-16)23(28)26-13-5-4-8-20(26)22-25-15-21(29-22)17-6-2-1-3-7-17/h1-3,6-7,9-12,19-21,27H,4-5,8,13-15,24H2/t19-,20?,21?/m0/s1. The summed E-state index contributed by atoms with van der Waals surface area (Å²) in [4.78, 5) is 19.6. The molecule has 2 aliphatic rings. The minimum Gasteiger partial charge on any atom is -0.508 e. The average molecular weight is 393 g/mol. The number of benzene rings is 2. The van der Waals surface area contributed by atoms with Gasteiger partial charge in [0.2, 0.25) is 11.8 Å². The normalized spacial score (nSPS) is 22.7. The van der Waals surface area contributed by atoms with Crippen molar-refractivity contribution in [1.82, 2.24) is 4.90 Å². The van der Waals surface area contributed by atoms with Crippen molar-refractivity contribution < 1.29 is 14.6 Å². The molecule has 0 aliphatic carbocycles. The van der Waals surface area contributed by atoms with E-state index in [-0.39, 0.29) is 23.8 Å². The number of carbonyl (C=O) groups excluding carboxylic acids is 1. The fourth-order valence-corrected chi connectivity index (χ4v) is 4.06. The molecule has 0 saturated carbocycles. The molecule has 0 bridgehead atoms. The van der Waals surface area contributed by atoms with Crippen molar-refractivity contribution in [2.75, 3.05) is 13.1 Å². The molecule has 29 heavy (non-hydrogen) atoms. The number of hydrogen-bond donors (Lipinski definition) is 2. The van der Waals surface area contributed by atoms with E-state index in [1.807, 2.05) is 35.2 Å². The number of rotatable bonds is 5. The predicted octanol–water partition coefficient (Wildman–Crippen LogP) is 2.81. The van der Waals surface area contributed by atoms with Gasteiger partial charge in [0, 0.05) is 6.54 Å². The number of amides is 1. The maximum Gasteiger partial charge on any atom is 0.240 e. The Morgan fingerprint density at radius 1 is 1.17 bits per heavy atom. The van der Waals surface area contributed by atoms with Crippen LogP contribution in [0.4, 0.5) is 0 Å². The Balaban J connectivity index is 1.43. The highest BCUT2D eigenvalue weighted by Gasteiger charge is 2.37. The number of nitrogens with two attached hydrogens (primary N) is 1. The molecule has 2 aromatic carbocycles. The lowest BCUT2D eigenvalue weighted by Crippen LogP contribution is -2.54. The van der Waals surface area contributed by atoms with Crippen LogP contribution in [0.3, 0.4) is 0 Å². The second kappa shape index (κ2) is 8.66. The van der Waals surface area contributed by atoms with Gasteiger partial charge in [-0.05, 0) is 48.9 Å². The Hall–Kier alpha value is -2.86. The topological polar surface area (TPSA) is 88.2 Å². The molecule has 152 valence electrons. The Labute approximate surface area is 171 Å². The van der Waals surface area contributed by atoms with Crippen molar-refractivity contribution in [2.45, 2.75) is 43.9 Å². The number of phenolic OH excluding ortho intramolecular Hbond substituents is 1. The van der Waals surface area contributed by atoms with E-state index in [2.05, 4.69) is 4.99 Å². The predicted molar refractivity (Wildman–Crippen MR) is 112 cm³/mol. The van der Waals surface area contributed by atoms with Crippen LogP contribution in [0, 0.1) is 0 Å². The van der Waals surface area contributed by atoms with Gasteiger partial charge in [-0.1, -0.05) is 42.5 Å². The Morgan fingerprint density at radius 3 is 2.69 bits per heavy atom. The zero-order valence-electron chi connectivity index (χ0n) is 16.4. The number of hydrogen-bond acceptors (Lipinski definition) is 5. The van der Waals surface area contributed by atoms with Crippen LogP contribution < -0.4 is 5.73 Å². The zero-order chi connectivity index (χ0) is 20.2. The van der Waals surface area contributed by atoms with E-state index >= 15 is 0 Å². The summed E-state index contributed by atoms with van der Waals surface area (Å²) in [5.41, 5.74) is 8.29. The van der Waals surface area contributed by atoms with Crippen LogP contribution in [0.25, 0.3) is 0 Å². The third-order valence-corrected chi connectivity index (χ3v) is 5.63. The molecule has 6 heteroatoms. The van der Waals surface area contributed by atoms with Crippen molar-refractivity contribution in [3.63, 3.8) is 0 Å². The van der Waals surface area contributed by atoms with Crippen LogP contribution in [0.15, 0.2) is 59.6 Å². The highest BCUT2D eigenvalue weighted by Crippen LogP contribution is 2.28. The molecule has 6 nitrogen and oxygen atoms in total. The minimum atomic E-state index is -0.632. The summed E-state index contributed by atoms with van der Waals surface area (Å²) in [6, 6.07) is 16.1. The molecular formula is C23H27N3O3. The first-order valence-electron chi connectivity index (χ1n) is 10.2. The lowest BCUT2D eigenvalue weighted by Gasteiger charge is -2.36. The van der Waals surface area contributed by atoms with Gasteiger partial charge in [0.15, 0.2) is 0 Å². The SMILES string of the molecule is N[C@@H](Cc1ccc(O)cc1)C(=O)N1CCCCC1C1=NCC(c2ccccc2)O1. The van der Waals surface area contributed by atoms with Crippen molar-refractivity contribution in [3.05, 3.63) is 65.7 Å². The second-order valence-electron chi connectivity index (χ2n) is 7.72. The highest BCUT2D eigenvalue weighted by molar-refractivity contribution is 5.90. The maximum atomic E-state index is 13.1. The molecule has 3 atom stereocenters. The largest absolute Gasteiger partial charge is 0.508 e. The Kier molecular flexibility index (Phi) is 5.81. The van der Waals surface area contributed by atoms with Crippen LogP contribution in [-0.4, -0.2) is 47.0 Å². The zero-order valence-corrected chi connectivity index (χ0v) is 16.4. The molecule has 1 saturated heterocycles. The summed E-state index contributed by atoms with van der Waals surface area (Å²) < 4.78 is 6.17. The van der Waals surface area contributed by atoms with Gasteiger partial charge in [-0.2, -0.15) is 0 Å². The van der Waals surface area contributed by atoms with Gasteiger partial charge in [-0.25, -0.2) is 4.99 Å². The quantitative estimate of drug-likeness (QED) is 0.818. The number of piperidine rings is 1. The lowest BCUT2D eigenvalue weighted by molar-refractivity contribution is -0.135. The lowest BCUT2D eigenvalue weighted by atomic mass is 9.99.